The summed E-state index contributed by atoms with van der Waals surface area (Å²) in [5.41, 5.74) is 4.83. The topological polar surface area (TPSA) is 70.6 Å². The molecule has 0 saturated carbocycles. The highest BCUT2D eigenvalue weighted by Crippen LogP contribution is 2.22. The Morgan fingerprint density at radius 2 is 1.48 bits per heavy atom. The minimum Gasteiger partial charge on any atom is -0.326 e. The smallest absolute Gasteiger partial charge is 0.224 e. The molecular weight excluding hydrogens is 388 g/mol. The van der Waals surface area contributed by atoms with Crippen LogP contribution in [0.3, 0.4) is 0 Å². The average Bonchev–Trinajstić information content (AvgIpc) is 2.84. The van der Waals surface area contributed by atoms with E-state index in [9.17, 15) is 4.79 Å². The standard InChI is InChI=1S/C10H11NO.C9H13N.3C2H6.CH4O2/c1-7-2-4-9-8(6-7)3-5-10(12)11-9;1-8(10-2)9-6-4-3-5-7-9;3*1-2;1-3-2/h2,4,6H,3,5H2,1H3,(H,11,12);3-8,10H,1-2H3;3*1-2H3;2H,1H3. The summed E-state index contributed by atoms with van der Waals surface area (Å²) < 4.78 is 0. The second-order valence-electron chi connectivity index (χ2n) is 5.81. The number of nitrogens with one attached hydrogen (secondary N) is 2. The summed E-state index contributed by atoms with van der Waals surface area (Å²) in [6, 6.07) is 17.0. The summed E-state index contributed by atoms with van der Waals surface area (Å²) in [5, 5.41) is 13.1. The predicted octanol–water partition coefficient (Wildman–Crippen LogP) is 7.03. The van der Waals surface area contributed by atoms with Gasteiger partial charge in [0.05, 0.1) is 7.11 Å². The molecule has 0 aliphatic carbocycles. The summed E-state index contributed by atoms with van der Waals surface area (Å²) in [6.45, 7) is 16.2. The molecule has 5 heteroatoms. The molecule has 1 atom stereocenters. The molecule has 5 nitrogen and oxygen atoms in total. The van der Waals surface area contributed by atoms with Crippen molar-refractivity contribution in [2.75, 3.05) is 19.5 Å². The van der Waals surface area contributed by atoms with Gasteiger partial charge < -0.3 is 10.6 Å². The van der Waals surface area contributed by atoms with E-state index >= 15 is 0 Å². The molecule has 31 heavy (non-hydrogen) atoms. The Labute approximate surface area is 191 Å². The van der Waals surface area contributed by atoms with E-state index in [0.717, 1.165) is 12.1 Å². The molecule has 0 bridgehead atoms. The number of amides is 1. The Bertz CT molecular complexity index is 646. The van der Waals surface area contributed by atoms with Crippen LogP contribution in [0.4, 0.5) is 5.69 Å². The monoisotopic (exact) mass is 434 g/mol. The Balaban J connectivity index is -0.000000374. The van der Waals surface area contributed by atoms with E-state index in [-0.39, 0.29) is 5.91 Å². The van der Waals surface area contributed by atoms with Crippen molar-refractivity contribution in [3.8, 4) is 0 Å². The second-order valence-corrected chi connectivity index (χ2v) is 5.81. The van der Waals surface area contributed by atoms with E-state index < -0.39 is 0 Å². The van der Waals surface area contributed by atoms with E-state index in [2.05, 4.69) is 59.7 Å². The molecule has 1 aliphatic rings. The molecular formula is C26H46N2O3. The molecule has 0 saturated heterocycles. The fourth-order valence-electron chi connectivity index (χ4n) is 2.42. The molecule has 3 N–H and O–H groups in total. The molecule has 0 aromatic heterocycles. The molecule has 1 aliphatic heterocycles. The number of fused-ring (bicyclic) bond motifs is 1. The summed E-state index contributed by atoms with van der Waals surface area (Å²) in [5.74, 6) is 0.131. The van der Waals surface area contributed by atoms with Gasteiger partial charge in [-0.1, -0.05) is 89.6 Å². The first-order valence-electron chi connectivity index (χ1n) is 11.3. The quantitative estimate of drug-likeness (QED) is 0.350. The SMILES string of the molecule is CC.CC.CC.CNC(C)c1ccccc1.COO.Cc1ccc2c(c1)CCC(=O)N2. The number of hydrogen-bond acceptors (Lipinski definition) is 4. The zero-order valence-electron chi connectivity index (χ0n) is 21.4. The third-order valence-corrected chi connectivity index (χ3v) is 3.89. The number of hydrogen-bond donors (Lipinski definition) is 3. The number of anilines is 1. The summed E-state index contributed by atoms with van der Waals surface area (Å²) in [6.07, 6.45) is 1.50. The molecule has 2 aromatic carbocycles. The van der Waals surface area contributed by atoms with Crippen LogP contribution in [-0.4, -0.2) is 25.3 Å². The lowest BCUT2D eigenvalue weighted by Crippen LogP contribution is -2.18. The van der Waals surface area contributed by atoms with Gasteiger partial charge in [-0.25, -0.2) is 4.89 Å². The van der Waals surface area contributed by atoms with Gasteiger partial charge >= 0.3 is 0 Å². The molecule has 2 aromatic rings. The maximum absolute atomic E-state index is 11.0. The molecule has 3 rings (SSSR count). The summed E-state index contributed by atoms with van der Waals surface area (Å²) in [4.78, 5) is 14.2. The highest BCUT2D eigenvalue weighted by atomic mass is 17.1. The van der Waals surface area contributed by atoms with Crippen LogP contribution in [0.2, 0.25) is 0 Å². The predicted molar refractivity (Wildman–Crippen MR) is 136 cm³/mol. The lowest BCUT2D eigenvalue weighted by atomic mass is 10.0. The zero-order valence-corrected chi connectivity index (χ0v) is 21.4. The Morgan fingerprint density at radius 1 is 0.968 bits per heavy atom. The van der Waals surface area contributed by atoms with Crippen molar-refractivity contribution in [2.45, 2.75) is 74.3 Å². The van der Waals surface area contributed by atoms with Gasteiger partial charge in [0.2, 0.25) is 5.91 Å². The summed E-state index contributed by atoms with van der Waals surface area (Å²) >= 11 is 0. The van der Waals surface area contributed by atoms with Crippen molar-refractivity contribution in [3.05, 3.63) is 65.2 Å². The van der Waals surface area contributed by atoms with Crippen LogP contribution in [0.1, 0.15) is 77.6 Å². The van der Waals surface area contributed by atoms with E-state index in [0.29, 0.717) is 12.5 Å². The fourth-order valence-corrected chi connectivity index (χ4v) is 2.42. The van der Waals surface area contributed by atoms with E-state index in [1.165, 1.54) is 23.8 Å². The molecule has 178 valence electrons. The maximum atomic E-state index is 11.0. The first kappa shape index (κ1) is 33.4. The lowest BCUT2D eigenvalue weighted by Gasteiger charge is -2.16. The van der Waals surface area contributed by atoms with Crippen molar-refractivity contribution >= 4 is 11.6 Å². The van der Waals surface area contributed by atoms with Crippen molar-refractivity contribution in [3.63, 3.8) is 0 Å². The highest BCUT2D eigenvalue weighted by Gasteiger charge is 2.13. The number of benzene rings is 2. The molecule has 0 radical (unpaired) electrons. The second kappa shape index (κ2) is 24.1. The zero-order chi connectivity index (χ0) is 24.7. The highest BCUT2D eigenvalue weighted by molar-refractivity contribution is 5.93. The molecule has 1 amide bonds. The fraction of sp³-hybridized carbons (Fsp3) is 0.500. The van der Waals surface area contributed by atoms with E-state index in [1.54, 1.807) is 0 Å². The van der Waals surface area contributed by atoms with Crippen LogP contribution in [0, 0.1) is 6.92 Å². The molecule has 0 spiro atoms. The minimum absolute atomic E-state index is 0.131. The minimum atomic E-state index is 0.131. The van der Waals surface area contributed by atoms with E-state index in [1.807, 2.05) is 66.8 Å². The molecule has 1 unspecified atom stereocenters. The largest absolute Gasteiger partial charge is 0.326 e. The molecule has 1 heterocycles. The van der Waals surface area contributed by atoms with Crippen LogP contribution in [0.25, 0.3) is 0 Å². The Hall–Kier alpha value is -2.21. The third-order valence-electron chi connectivity index (χ3n) is 3.89. The summed E-state index contributed by atoms with van der Waals surface area (Å²) in [7, 11) is 3.15. The van der Waals surface area contributed by atoms with Crippen molar-refractivity contribution < 1.29 is 14.9 Å². The Morgan fingerprint density at radius 3 is 1.97 bits per heavy atom. The Kier molecular flexibility index (Phi) is 25.9. The number of carbonyl (C=O) groups excluding carboxylic acids is 1. The first-order chi connectivity index (χ1) is 15.0. The number of rotatable bonds is 2. The van der Waals surface area contributed by atoms with Gasteiger partial charge in [0.25, 0.3) is 0 Å². The van der Waals surface area contributed by atoms with Crippen LogP contribution in [0.15, 0.2) is 48.5 Å². The average molecular weight is 435 g/mol. The van der Waals surface area contributed by atoms with Gasteiger partial charge in [-0.05, 0) is 44.5 Å². The normalized spacial score (nSPS) is 11.3. The maximum Gasteiger partial charge on any atom is 0.224 e. The van der Waals surface area contributed by atoms with Gasteiger partial charge in [0.15, 0.2) is 0 Å². The van der Waals surface area contributed by atoms with E-state index in [4.69, 9.17) is 5.26 Å². The van der Waals surface area contributed by atoms with Gasteiger partial charge in [-0.2, -0.15) is 0 Å². The van der Waals surface area contributed by atoms with Crippen LogP contribution in [-0.2, 0) is 16.1 Å². The van der Waals surface area contributed by atoms with Crippen molar-refractivity contribution in [2.24, 2.45) is 0 Å². The van der Waals surface area contributed by atoms with Crippen LogP contribution in [0.5, 0.6) is 0 Å². The van der Waals surface area contributed by atoms with Gasteiger partial charge in [0.1, 0.15) is 0 Å². The first-order valence-corrected chi connectivity index (χ1v) is 11.3. The van der Waals surface area contributed by atoms with Crippen LogP contribution < -0.4 is 10.6 Å². The van der Waals surface area contributed by atoms with Gasteiger partial charge in [-0.3, -0.25) is 10.1 Å². The lowest BCUT2D eigenvalue weighted by molar-refractivity contribution is -0.214. The van der Waals surface area contributed by atoms with Gasteiger partial charge in [0, 0.05) is 18.2 Å². The van der Waals surface area contributed by atoms with Gasteiger partial charge in [-0.15, -0.1) is 0 Å². The third kappa shape index (κ3) is 16.2. The van der Waals surface area contributed by atoms with Crippen molar-refractivity contribution in [1.82, 2.24) is 5.32 Å². The van der Waals surface area contributed by atoms with Crippen molar-refractivity contribution in [1.29, 1.82) is 0 Å². The number of carbonyl (C=O) groups is 1. The number of aryl methyl sites for hydroxylation is 2. The van der Waals surface area contributed by atoms with Crippen LogP contribution >= 0.6 is 0 Å². The molecule has 0 fully saturated rings.